The predicted molar refractivity (Wildman–Crippen MR) is 90.4 cm³/mol. The molecule has 1 aromatic heterocycles. The summed E-state index contributed by atoms with van der Waals surface area (Å²) < 4.78 is 1.80. The van der Waals surface area contributed by atoms with Gasteiger partial charge in [0.25, 0.3) is 5.91 Å². The number of anilines is 2. The summed E-state index contributed by atoms with van der Waals surface area (Å²) in [5.41, 5.74) is 1.19. The lowest BCUT2D eigenvalue weighted by molar-refractivity contribution is -0.114. The summed E-state index contributed by atoms with van der Waals surface area (Å²) in [6, 6.07) is 8.54. The number of aryl methyl sites for hydroxylation is 1. The minimum atomic E-state index is -0.203. The number of rotatable bonds is 6. The van der Waals surface area contributed by atoms with E-state index in [1.807, 2.05) is 0 Å². The van der Waals surface area contributed by atoms with Gasteiger partial charge in [0.2, 0.25) is 5.91 Å². The molecule has 2 aromatic rings. The van der Waals surface area contributed by atoms with Crippen LogP contribution in [-0.4, -0.2) is 21.6 Å². The molecule has 0 aliphatic carbocycles. The van der Waals surface area contributed by atoms with Crippen LogP contribution in [0.4, 0.5) is 11.5 Å². The fourth-order valence-corrected chi connectivity index (χ4v) is 2.09. The maximum Gasteiger partial charge on any atom is 0.256 e. The topological polar surface area (TPSA) is 76.0 Å². The van der Waals surface area contributed by atoms with Crippen LogP contribution in [0.25, 0.3) is 0 Å². The molecule has 0 bridgehead atoms. The lowest BCUT2D eigenvalue weighted by Gasteiger charge is -2.10. The summed E-state index contributed by atoms with van der Waals surface area (Å²) >= 11 is 0. The maximum absolute atomic E-state index is 12.3. The second kappa shape index (κ2) is 7.58. The third-order valence-corrected chi connectivity index (χ3v) is 3.34. The average Bonchev–Trinajstić information content (AvgIpc) is 2.92. The second-order valence-electron chi connectivity index (χ2n) is 5.83. The van der Waals surface area contributed by atoms with Crippen LogP contribution in [0, 0.1) is 5.92 Å². The Bertz CT molecular complexity index is 674. The number of hydrogen-bond donors (Lipinski definition) is 2. The van der Waals surface area contributed by atoms with Crippen LogP contribution in [0.15, 0.2) is 36.5 Å². The number of nitrogens with zero attached hydrogens (tertiary/aromatic N) is 2. The average molecular weight is 314 g/mol. The highest BCUT2D eigenvalue weighted by Crippen LogP contribution is 2.14. The molecule has 6 nitrogen and oxygen atoms in total. The van der Waals surface area contributed by atoms with Gasteiger partial charge in [-0.15, -0.1) is 0 Å². The SMILES string of the molecule is CC(=O)Nc1ccc(C(=O)Nc2ccnn2CCC(C)C)cc1. The van der Waals surface area contributed by atoms with Gasteiger partial charge in [-0.1, -0.05) is 13.8 Å². The summed E-state index contributed by atoms with van der Waals surface area (Å²) in [5, 5.41) is 9.77. The molecule has 1 heterocycles. The van der Waals surface area contributed by atoms with Gasteiger partial charge in [0, 0.05) is 30.8 Å². The Labute approximate surface area is 135 Å². The van der Waals surface area contributed by atoms with Crippen LogP contribution in [-0.2, 0) is 11.3 Å². The van der Waals surface area contributed by atoms with Crippen molar-refractivity contribution in [1.29, 1.82) is 0 Å². The Morgan fingerprint density at radius 3 is 2.43 bits per heavy atom. The monoisotopic (exact) mass is 314 g/mol. The first-order valence-electron chi connectivity index (χ1n) is 7.66. The van der Waals surface area contributed by atoms with E-state index in [1.165, 1.54) is 6.92 Å². The van der Waals surface area contributed by atoms with Crippen molar-refractivity contribution in [1.82, 2.24) is 9.78 Å². The van der Waals surface area contributed by atoms with Crippen molar-refractivity contribution in [2.75, 3.05) is 10.6 Å². The number of amides is 2. The first kappa shape index (κ1) is 16.7. The van der Waals surface area contributed by atoms with E-state index in [0.29, 0.717) is 23.0 Å². The molecule has 0 aliphatic heterocycles. The zero-order chi connectivity index (χ0) is 16.8. The normalized spacial score (nSPS) is 10.6. The van der Waals surface area contributed by atoms with E-state index >= 15 is 0 Å². The molecule has 122 valence electrons. The fraction of sp³-hybridized carbons (Fsp3) is 0.353. The Morgan fingerprint density at radius 1 is 1.13 bits per heavy atom. The highest BCUT2D eigenvalue weighted by molar-refractivity contribution is 6.04. The van der Waals surface area contributed by atoms with E-state index in [9.17, 15) is 9.59 Å². The Balaban J connectivity index is 2.02. The lowest BCUT2D eigenvalue weighted by atomic mass is 10.1. The minimum absolute atomic E-state index is 0.142. The van der Waals surface area contributed by atoms with Gasteiger partial charge in [0.1, 0.15) is 5.82 Å². The maximum atomic E-state index is 12.3. The van der Waals surface area contributed by atoms with Crippen LogP contribution in [0.2, 0.25) is 0 Å². The van der Waals surface area contributed by atoms with Gasteiger partial charge < -0.3 is 10.6 Å². The van der Waals surface area contributed by atoms with Crippen LogP contribution < -0.4 is 10.6 Å². The number of carbonyl (C=O) groups is 2. The third kappa shape index (κ3) is 4.95. The van der Waals surface area contributed by atoms with Crippen molar-refractivity contribution in [3.63, 3.8) is 0 Å². The molecular formula is C17H22N4O2. The summed E-state index contributed by atoms with van der Waals surface area (Å²) in [7, 11) is 0. The molecule has 0 spiro atoms. The minimum Gasteiger partial charge on any atom is -0.326 e. The quantitative estimate of drug-likeness (QED) is 0.860. The molecule has 0 saturated heterocycles. The molecule has 0 fully saturated rings. The first-order valence-corrected chi connectivity index (χ1v) is 7.66. The van der Waals surface area contributed by atoms with Gasteiger partial charge in [-0.05, 0) is 36.6 Å². The predicted octanol–water partition coefficient (Wildman–Crippen LogP) is 3.14. The summed E-state index contributed by atoms with van der Waals surface area (Å²) in [5.74, 6) is 0.910. The summed E-state index contributed by atoms with van der Waals surface area (Å²) in [6.07, 6.45) is 2.67. The molecule has 23 heavy (non-hydrogen) atoms. The molecule has 0 aliphatic rings. The van der Waals surface area contributed by atoms with E-state index in [-0.39, 0.29) is 11.8 Å². The molecule has 6 heteroatoms. The van der Waals surface area contributed by atoms with E-state index in [4.69, 9.17) is 0 Å². The van der Waals surface area contributed by atoms with Crippen molar-refractivity contribution in [2.45, 2.75) is 33.7 Å². The molecule has 0 radical (unpaired) electrons. The first-order chi connectivity index (χ1) is 11.0. The molecule has 2 rings (SSSR count). The fourth-order valence-electron chi connectivity index (χ4n) is 2.09. The molecule has 2 N–H and O–H groups in total. The second-order valence-corrected chi connectivity index (χ2v) is 5.83. The number of carbonyl (C=O) groups excluding carboxylic acids is 2. The van der Waals surface area contributed by atoms with E-state index in [1.54, 1.807) is 41.2 Å². The largest absolute Gasteiger partial charge is 0.326 e. The number of nitrogens with one attached hydrogen (secondary N) is 2. The Kier molecular flexibility index (Phi) is 5.51. The van der Waals surface area contributed by atoms with Crippen molar-refractivity contribution in [2.24, 2.45) is 5.92 Å². The Morgan fingerprint density at radius 2 is 1.83 bits per heavy atom. The van der Waals surface area contributed by atoms with Crippen LogP contribution in [0.1, 0.15) is 37.6 Å². The zero-order valence-corrected chi connectivity index (χ0v) is 13.7. The van der Waals surface area contributed by atoms with Crippen LogP contribution in [0.5, 0.6) is 0 Å². The van der Waals surface area contributed by atoms with Crippen molar-refractivity contribution in [3.05, 3.63) is 42.1 Å². The molecule has 2 amide bonds. The highest BCUT2D eigenvalue weighted by atomic mass is 16.2. The standard InChI is InChI=1S/C17H22N4O2/c1-12(2)9-11-21-16(8-10-18-21)20-17(23)14-4-6-15(7-5-14)19-13(3)22/h4-8,10,12H,9,11H2,1-3H3,(H,19,22)(H,20,23). The van der Waals surface area contributed by atoms with E-state index in [2.05, 4.69) is 29.6 Å². The molecule has 0 atom stereocenters. The van der Waals surface area contributed by atoms with Crippen molar-refractivity contribution >= 4 is 23.3 Å². The highest BCUT2D eigenvalue weighted by Gasteiger charge is 2.10. The smallest absolute Gasteiger partial charge is 0.256 e. The molecule has 1 aromatic carbocycles. The van der Waals surface area contributed by atoms with Gasteiger partial charge in [0.15, 0.2) is 0 Å². The van der Waals surface area contributed by atoms with Gasteiger partial charge in [-0.25, -0.2) is 4.68 Å². The van der Waals surface area contributed by atoms with Gasteiger partial charge in [-0.3, -0.25) is 9.59 Å². The van der Waals surface area contributed by atoms with Crippen molar-refractivity contribution < 1.29 is 9.59 Å². The van der Waals surface area contributed by atoms with Crippen LogP contribution >= 0.6 is 0 Å². The van der Waals surface area contributed by atoms with Crippen LogP contribution in [0.3, 0.4) is 0 Å². The third-order valence-electron chi connectivity index (χ3n) is 3.34. The lowest BCUT2D eigenvalue weighted by Crippen LogP contribution is -2.16. The number of aromatic nitrogens is 2. The zero-order valence-electron chi connectivity index (χ0n) is 13.7. The van der Waals surface area contributed by atoms with E-state index in [0.717, 1.165) is 13.0 Å². The van der Waals surface area contributed by atoms with E-state index < -0.39 is 0 Å². The van der Waals surface area contributed by atoms with Gasteiger partial charge in [0.05, 0.1) is 6.20 Å². The van der Waals surface area contributed by atoms with Gasteiger partial charge >= 0.3 is 0 Å². The summed E-state index contributed by atoms with van der Waals surface area (Å²) in [4.78, 5) is 23.3. The summed E-state index contributed by atoms with van der Waals surface area (Å²) in [6.45, 7) is 6.51. The van der Waals surface area contributed by atoms with Crippen molar-refractivity contribution in [3.8, 4) is 0 Å². The Hall–Kier alpha value is -2.63. The molecule has 0 unspecified atom stereocenters. The number of benzene rings is 1. The van der Waals surface area contributed by atoms with Gasteiger partial charge in [-0.2, -0.15) is 5.10 Å². The number of hydrogen-bond acceptors (Lipinski definition) is 3. The molecule has 0 saturated carbocycles. The molecular weight excluding hydrogens is 292 g/mol.